The number of hydrogen-bond acceptors (Lipinski definition) is 5. The molecular formula is C24H26N4O. The summed E-state index contributed by atoms with van der Waals surface area (Å²) in [6.45, 7) is 3.34. The molecule has 1 N–H and O–H groups in total. The van der Waals surface area contributed by atoms with E-state index in [1.807, 2.05) is 48.5 Å². The van der Waals surface area contributed by atoms with Crippen molar-refractivity contribution < 1.29 is 5.11 Å². The second-order valence-electron chi connectivity index (χ2n) is 6.69. The van der Waals surface area contributed by atoms with Crippen molar-refractivity contribution in [2.45, 2.75) is 26.2 Å². The van der Waals surface area contributed by atoms with Gasteiger partial charge in [0.05, 0.1) is 0 Å². The molecule has 0 aliphatic heterocycles. The van der Waals surface area contributed by atoms with E-state index in [-0.39, 0.29) is 5.75 Å². The predicted octanol–water partition coefficient (Wildman–Crippen LogP) is 4.07. The number of aliphatic imine (C=N–C) groups is 2. The Morgan fingerprint density at radius 3 is 1.76 bits per heavy atom. The van der Waals surface area contributed by atoms with E-state index >= 15 is 0 Å². The molecule has 3 aromatic rings. The van der Waals surface area contributed by atoms with Gasteiger partial charge < -0.3 is 5.11 Å². The van der Waals surface area contributed by atoms with Gasteiger partial charge in [-0.3, -0.25) is 20.0 Å². The maximum absolute atomic E-state index is 10.6. The van der Waals surface area contributed by atoms with Crippen molar-refractivity contribution in [1.29, 1.82) is 0 Å². The molecule has 0 aliphatic rings. The highest BCUT2D eigenvalue weighted by Crippen LogP contribution is 2.22. The zero-order valence-electron chi connectivity index (χ0n) is 16.7. The fourth-order valence-corrected chi connectivity index (χ4v) is 2.92. The van der Waals surface area contributed by atoms with Gasteiger partial charge in [-0.15, -0.1) is 0 Å². The first-order valence-electron chi connectivity index (χ1n) is 9.91. The van der Waals surface area contributed by atoms with Gasteiger partial charge in [-0.1, -0.05) is 19.1 Å². The van der Waals surface area contributed by atoms with Crippen LogP contribution in [0.1, 0.15) is 35.0 Å². The zero-order valence-corrected chi connectivity index (χ0v) is 16.7. The average molecular weight is 386 g/mol. The van der Waals surface area contributed by atoms with Gasteiger partial charge in [0.1, 0.15) is 5.75 Å². The quantitative estimate of drug-likeness (QED) is 0.564. The number of nitrogens with zero attached hydrogens (tertiary/aromatic N) is 4. The molecule has 0 atom stereocenters. The van der Waals surface area contributed by atoms with Crippen molar-refractivity contribution in [2.75, 3.05) is 13.1 Å². The van der Waals surface area contributed by atoms with Crippen LogP contribution in [0.2, 0.25) is 0 Å². The smallest absolute Gasteiger partial charge is 0.133 e. The third kappa shape index (κ3) is 6.35. The fraction of sp³-hybridized carbons (Fsp3) is 0.250. The van der Waals surface area contributed by atoms with Crippen molar-refractivity contribution in [3.8, 4) is 5.75 Å². The van der Waals surface area contributed by atoms with Crippen LogP contribution in [0.15, 0.2) is 70.9 Å². The zero-order chi connectivity index (χ0) is 20.3. The largest absolute Gasteiger partial charge is 0.507 e. The summed E-state index contributed by atoms with van der Waals surface area (Å²) >= 11 is 0. The molecule has 0 saturated heterocycles. The van der Waals surface area contributed by atoms with Crippen LogP contribution in [-0.2, 0) is 19.3 Å². The van der Waals surface area contributed by atoms with Crippen molar-refractivity contribution in [3.63, 3.8) is 0 Å². The topological polar surface area (TPSA) is 70.7 Å². The molecule has 0 spiro atoms. The SMILES string of the molecule is CCc1cc(C=NCCc2ccccn2)c(O)c(C=NCCc2ccccn2)c1. The third-order valence-electron chi connectivity index (χ3n) is 4.54. The summed E-state index contributed by atoms with van der Waals surface area (Å²) in [4.78, 5) is 17.5. The normalized spacial score (nSPS) is 11.5. The maximum Gasteiger partial charge on any atom is 0.133 e. The Morgan fingerprint density at radius 1 is 0.828 bits per heavy atom. The summed E-state index contributed by atoms with van der Waals surface area (Å²) < 4.78 is 0. The standard InChI is InChI=1S/C24H26N4O/c1-2-19-15-20(17-25-13-9-22-7-3-5-11-27-22)24(29)21(16-19)18-26-14-10-23-8-4-6-12-28-23/h3-8,11-12,15-18,29H,2,9-10,13-14H2,1H3. The van der Waals surface area contributed by atoms with Crippen LogP contribution in [0, 0.1) is 0 Å². The lowest BCUT2D eigenvalue weighted by molar-refractivity contribution is 0.473. The van der Waals surface area contributed by atoms with Crippen LogP contribution in [-0.4, -0.2) is 40.6 Å². The number of benzene rings is 1. The van der Waals surface area contributed by atoms with Gasteiger partial charge in [-0.05, 0) is 48.4 Å². The van der Waals surface area contributed by atoms with Gasteiger partial charge in [0.15, 0.2) is 0 Å². The highest BCUT2D eigenvalue weighted by atomic mass is 16.3. The molecule has 0 bridgehead atoms. The van der Waals surface area contributed by atoms with Crippen LogP contribution in [0.25, 0.3) is 0 Å². The number of phenols is 1. The number of phenolic OH excluding ortho intramolecular Hbond substituents is 1. The highest BCUT2D eigenvalue weighted by molar-refractivity contribution is 5.92. The van der Waals surface area contributed by atoms with Crippen molar-refractivity contribution in [2.24, 2.45) is 9.98 Å². The van der Waals surface area contributed by atoms with Crippen molar-refractivity contribution in [3.05, 3.63) is 89.0 Å². The minimum Gasteiger partial charge on any atom is -0.507 e. The molecule has 0 unspecified atom stereocenters. The van der Waals surface area contributed by atoms with E-state index in [9.17, 15) is 5.11 Å². The van der Waals surface area contributed by atoms with Crippen LogP contribution >= 0.6 is 0 Å². The second kappa shape index (κ2) is 10.9. The molecule has 29 heavy (non-hydrogen) atoms. The van der Waals surface area contributed by atoms with Gasteiger partial charge in [-0.25, -0.2) is 0 Å². The summed E-state index contributed by atoms with van der Waals surface area (Å²) in [6, 6.07) is 15.7. The van der Waals surface area contributed by atoms with E-state index in [0.29, 0.717) is 13.1 Å². The molecule has 0 radical (unpaired) electrons. The Labute approximate surface area is 171 Å². The summed E-state index contributed by atoms with van der Waals surface area (Å²) in [5, 5.41) is 10.6. The molecule has 2 aromatic heterocycles. The third-order valence-corrected chi connectivity index (χ3v) is 4.54. The number of aromatic nitrogens is 2. The molecule has 148 valence electrons. The van der Waals surface area contributed by atoms with E-state index < -0.39 is 0 Å². The second-order valence-corrected chi connectivity index (χ2v) is 6.69. The van der Waals surface area contributed by atoms with E-state index in [0.717, 1.165) is 47.3 Å². The lowest BCUT2D eigenvalue weighted by atomic mass is 10.0. The fourth-order valence-electron chi connectivity index (χ4n) is 2.92. The minimum atomic E-state index is 0.213. The summed E-state index contributed by atoms with van der Waals surface area (Å²) in [7, 11) is 0. The van der Waals surface area contributed by atoms with Gasteiger partial charge in [0, 0.05) is 73.3 Å². The van der Waals surface area contributed by atoms with E-state index in [1.54, 1.807) is 24.8 Å². The minimum absolute atomic E-state index is 0.213. The summed E-state index contributed by atoms with van der Waals surface area (Å²) in [5.74, 6) is 0.213. The lowest BCUT2D eigenvalue weighted by Gasteiger charge is -2.07. The molecule has 5 heteroatoms. The van der Waals surface area contributed by atoms with Gasteiger partial charge >= 0.3 is 0 Å². The Bertz CT molecular complexity index is 879. The van der Waals surface area contributed by atoms with Crippen LogP contribution in [0.3, 0.4) is 0 Å². The first-order chi connectivity index (χ1) is 14.3. The monoisotopic (exact) mass is 386 g/mol. The Hall–Kier alpha value is -3.34. The number of rotatable bonds is 9. The molecule has 5 nitrogen and oxygen atoms in total. The molecule has 0 saturated carbocycles. The molecule has 0 amide bonds. The van der Waals surface area contributed by atoms with Crippen molar-refractivity contribution in [1.82, 2.24) is 9.97 Å². The number of hydrogen-bond donors (Lipinski definition) is 1. The first kappa shape index (κ1) is 20.4. The molecule has 0 aliphatic carbocycles. The van der Waals surface area contributed by atoms with E-state index in [4.69, 9.17) is 0 Å². The molecule has 0 fully saturated rings. The summed E-state index contributed by atoms with van der Waals surface area (Å²) in [5.41, 5.74) is 4.60. The first-order valence-corrected chi connectivity index (χ1v) is 9.91. The molecule has 3 rings (SSSR count). The molecule has 1 aromatic carbocycles. The molecule has 2 heterocycles. The Balaban J connectivity index is 1.64. The van der Waals surface area contributed by atoms with E-state index in [1.165, 1.54) is 0 Å². The number of pyridine rings is 2. The number of aromatic hydroxyl groups is 1. The average Bonchev–Trinajstić information content (AvgIpc) is 2.77. The summed E-state index contributed by atoms with van der Waals surface area (Å²) in [6.07, 6.45) is 9.47. The Kier molecular flexibility index (Phi) is 7.63. The van der Waals surface area contributed by atoms with Crippen LogP contribution in [0.5, 0.6) is 5.75 Å². The van der Waals surface area contributed by atoms with Crippen molar-refractivity contribution >= 4 is 12.4 Å². The lowest BCUT2D eigenvalue weighted by Crippen LogP contribution is -1.97. The maximum atomic E-state index is 10.6. The number of aryl methyl sites for hydroxylation is 1. The van der Waals surface area contributed by atoms with Gasteiger partial charge in [-0.2, -0.15) is 0 Å². The van der Waals surface area contributed by atoms with Crippen LogP contribution in [0.4, 0.5) is 0 Å². The Morgan fingerprint density at radius 2 is 1.34 bits per heavy atom. The van der Waals surface area contributed by atoms with E-state index in [2.05, 4.69) is 26.9 Å². The van der Waals surface area contributed by atoms with Gasteiger partial charge in [0.2, 0.25) is 0 Å². The van der Waals surface area contributed by atoms with Crippen LogP contribution < -0.4 is 0 Å². The highest BCUT2D eigenvalue weighted by Gasteiger charge is 2.07. The van der Waals surface area contributed by atoms with Gasteiger partial charge in [0.25, 0.3) is 0 Å². The molecular weight excluding hydrogens is 360 g/mol. The predicted molar refractivity (Wildman–Crippen MR) is 118 cm³/mol.